The van der Waals surface area contributed by atoms with Crippen LogP contribution < -0.4 is 10.6 Å². The van der Waals surface area contributed by atoms with Crippen molar-refractivity contribution in [2.75, 3.05) is 13.6 Å². The van der Waals surface area contributed by atoms with E-state index in [-0.39, 0.29) is 36.5 Å². The molecule has 0 saturated carbocycles. The van der Waals surface area contributed by atoms with Crippen LogP contribution in [0.2, 0.25) is 0 Å². The minimum atomic E-state index is -1.35. The van der Waals surface area contributed by atoms with Crippen LogP contribution in [0.3, 0.4) is 0 Å². The highest BCUT2D eigenvalue weighted by Crippen LogP contribution is 2.22. The van der Waals surface area contributed by atoms with E-state index in [0.29, 0.717) is 22.0 Å². The summed E-state index contributed by atoms with van der Waals surface area (Å²) < 4.78 is 6.14. The lowest BCUT2D eigenvalue weighted by molar-refractivity contribution is -0.156. The van der Waals surface area contributed by atoms with Crippen molar-refractivity contribution in [2.24, 2.45) is 11.8 Å². The molecule has 2 rings (SSSR count). The number of halogens is 1. The summed E-state index contributed by atoms with van der Waals surface area (Å²) in [6, 6.07) is 2.39. The van der Waals surface area contributed by atoms with E-state index in [1.807, 2.05) is 42.5 Å². The molecular weight excluding hydrogens is 617 g/mol. The van der Waals surface area contributed by atoms with Gasteiger partial charge in [-0.15, -0.1) is 0 Å². The number of hydrogen-bond donors (Lipinski definition) is 4. The first-order valence-electron chi connectivity index (χ1n) is 13.1. The monoisotopic (exact) mass is 657 g/mol. The Kier molecular flexibility index (Phi) is 12.2. The molecule has 3 amide bonds. The maximum atomic E-state index is 13.5. The highest BCUT2D eigenvalue weighted by Gasteiger charge is 2.34. The Bertz CT molecular complexity index is 1090. The summed E-state index contributed by atoms with van der Waals surface area (Å²) in [6.07, 6.45) is 1.36. The number of carbonyl (C=O) groups is 4. The fourth-order valence-corrected chi connectivity index (χ4v) is 5.19. The molecule has 11 heteroatoms. The Morgan fingerprint density at radius 3 is 2.44 bits per heavy atom. The number of nitrogens with zero attached hydrogens (tertiary/aromatic N) is 1. The number of cyclic esters (lactones) is 1. The molecule has 1 aliphatic heterocycles. The SMILES string of the molecule is CC1=CC(C)CC(C)OC(=O)C(C(C)O)NC(=O)C(Cc2ccc(O)c(I)c2)N(C)C(=O)CNC(=O)C(C)C1. The van der Waals surface area contributed by atoms with Gasteiger partial charge >= 0.3 is 5.97 Å². The first kappa shape index (κ1) is 32.5. The Morgan fingerprint density at radius 2 is 1.82 bits per heavy atom. The number of hydrogen-bond acceptors (Lipinski definition) is 7. The topological polar surface area (TPSA) is 145 Å². The zero-order valence-electron chi connectivity index (χ0n) is 23.4. The molecule has 1 aromatic carbocycles. The number of rotatable bonds is 3. The molecule has 0 aromatic heterocycles. The van der Waals surface area contributed by atoms with E-state index >= 15 is 0 Å². The van der Waals surface area contributed by atoms with Gasteiger partial charge in [0.25, 0.3) is 0 Å². The molecule has 10 nitrogen and oxygen atoms in total. The fourth-order valence-electron chi connectivity index (χ4n) is 4.61. The molecule has 6 atom stereocenters. The Labute approximate surface area is 243 Å². The summed E-state index contributed by atoms with van der Waals surface area (Å²) >= 11 is 1.96. The molecule has 0 fully saturated rings. The van der Waals surface area contributed by atoms with E-state index in [4.69, 9.17) is 4.74 Å². The summed E-state index contributed by atoms with van der Waals surface area (Å²) in [6.45, 7) is 8.51. The van der Waals surface area contributed by atoms with Crippen LogP contribution in [0.15, 0.2) is 29.8 Å². The second kappa shape index (κ2) is 14.6. The third kappa shape index (κ3) is 9.79. The Hall–Kier alpha value is -2.67. The average Bonchev–Trinajstić information content (AvgIpc) is 2.84. The second-order valence-corrected chi connectivity index (χ2v) is 11.7. The highest BCUT2D eigenvalue weighted by atomic mass is 127. The maximum absolute atomic E-state index is 13.5. The van der Waals surface area contributed by atoms with Crippen LogP contribution in [-0.4, -0.2) is 76.7 Å². The second-order valence-electron chi connectivity index (χ2n) is 10.5. The number of carbonyl (C=O) groups excluding carboxylic acids is 4. The maximum Gasteiger partial charge on any atom is 0.331 e. The third-order valence-electron chi connectivity index (χ3n) is 6.72. The molecule has 0 saturated heterocycles. The largest absolute Gasteiger partial charge is 0.507 e. The van der Waals surface area contributed by atoms with Gasteiger partial charge in [0.1, 0.15) is 11.8 Å². The van der Waals surface area contributed by atoms with Crippen LogP contribution in [0.4, 0.5) is 0 Å². The summed E-state index contributed by atoms with van der Waals surface area (Å²) in [7, 11) is 1.44. The summed E-state index contributed by atoms with van der Waals surface area (Å²) in [5.41, 5.74) is 1.67. The molecule has 1 heterocycles. The number of ether oxygens (including phenoxy) is 1. The van der Waals surface area contributed by atoms with Crippen molar-refractivity contribution in [3.63, 3.8) is 0 Å². The van der Waals surface area contributed by atoms with Crippen molar-refractivity contribution in [3.05, 3.63) is 39.0 Å². The number of allylic oxidation sites excluding steroid dienone is 2. The molecular formula is C28H40IN3O7. The predicted molar refractivity (Wildman–Crippen MR) is 155 cm³/mol. The van der Waals surface area contributed by atoms with E-state index in [0.717, 1.165) is 5.57 Å². The zero-order chi connectivity index (χ0) is 29.4. The van der Waals surface area contributed by atoms with Gasteiger partial charge in [-0.1, -0.05) is 31.6 Å². The lowest BCUT2D eigenvalue weighted by Gasteiger charge is -2.30. The van der Waals surface area contributed by atoms with Gasteiger partial charge in [-0.3, -0.25) is 14.4 Å². The lowest BCUT2D eigenvalue weighted by atomic mass is 9.96. The van der Waals surface area contributed by atoms with Crippen molar-refractivity contribution in [1.29, 1.82) is 0 Å². The fraction of sp³-hybridized carbons (Fsp3) is 0.571. The van der Waals surface area contributed by atoms with Gasteiger partial charge < -0.3 is 30.5 Å². The molecule has 6 unspecified atom stereocenters. The minimum Gasteiger partial charge on any atom is -0.507 e. The first-order valence-corrected chi connectivity index (χ1v) is 14.1. The number of aliphatic hydroxyl groups is 1. The molecule has 4 N–H and O–H groups in total. The van der Waals surface area contributed by atoms with Crippen LogP contribution in [-0.2, 0) is 30.3 Å². The molecule has 0 bridgehead atoms. The molecule has 216 valence electrons. The van der Waals surface area contributed by atoms with Gasteiger partial charge in [0, 0.05) is 19.4 Å². The van der Waals surface area contributed by atoms with Crippen LogP contribution in [0.25, 0.3) is 0 Å². The van der Waals surface area contributed by atoms with Gasteiger partial charge in [-0.2, -0.15) is 0 Å². The number of likely N-dealkylation sites (N-methyl/N-ethyl adjacent to an activating group) is 1. The molecule has 0 aliphatic carbocycles. The normalized spacial score (nSPS) is 27.4. The van der Waals surface area contributed by atoms with Crippen LogP contribution in [0.1, 0.15) is 53.0 Å². The van der Waals surface area contributed by atoms with E-state index in [1.54, 1.807) is 26.0 Å². The predicted octanol–water partition coefficient (Wildman–Crippen LogP) is 2.29. The number of esters is 1. The van der Waals surface area contributed by atoms with Gasteiger partial charge in [0.15, 0.2) is 6.04 Å². The number of aliphatic hydroxyl groups excluding tert-OH is 1. The number of aromatic hydroxyl groups is 1. The van der Waals surface area contributed by atoms with E-state index in [9.17, 15) is 29.4 Å². The van der Waals surface area contributed by atoms with Crippen molar-refractivity contribution in [1.82, 2.24) is 15.5 Å². The van der Waals surface area contributed by atoms with Gasteiger partial charge in [-0.25, -0.2) is 4.79 Å². The molecule has 1 aromatic rings. The quantitative estimate of drug-likeness (QED) is 0.222. The van der Waals surface area contributed by atoms with Gasteiger partial charge in [-0.05, 0) is 79.8 Å². The van der Waals surface area contributed by atoms with Crippen molar-refractivity contribution < 1.29 is 34.1 Å². The summed E-state index contributed by atoms with van der Waals surface area (Å²) in [5, 5.41) is 25.4. The zero-order valence-corrected chi connectivity index (χ0v) is 25.5. The van der Waals surface area contributed by atoms with Crippen molar-refractivity contribution in [2.45, 2.75) is 78.2 Å². The smallest absolute Gasteiger partial charge is 0.331 e. The van der Waals surface area contributed by atoms with Crippen LogP contribution >= 0.6 is 22.6 Å². The first-order chi connectivity index (χ1) is 18.2. The van der Waals surface area contributed by atoms with E-state index in [2.05, 4.69) is 10.6 Å². The molecule has 1 aliphatic rings. The number of nitrogens with one attached hydrogen (secondary N) is 2. The third-order valence-corrected chi connectivity index (χ3v) is 7.58. The van der Waals surface area contributed by atoms with Crippen molar-refractivity contribution in [3.8, 4) is 5.75 Å². The average molecular weight is 658 g/mol. The number of phenols is 1. The lowest BCUT2D eigenvalue weighted by Crippen LogP contribution is -2.57. The standard InChI is InChI=1S/C28H40IN3O7/c1-15-9-16(2)11-18(4)39-28(38)25(19(5)33)31-27(37)22(13-20-7-8-23(34)21(29)12-20)32(6)24(35)14-30-26(36)17(3)10-15/h7-9,12,16-19,22,25,33-34H,10-11,13-14H2,1-6H3,(H,30,36)(H,31,37). The number of phenolic OH excluding ortho intramolecular Hbond substituents is 1. The van der Waals surface area contributed by atoms with Crippen molar-refractivity contribution >= 4 is 46.3 Å². The summed E-state index contributed by atoms with van der Waals surface area (Å²) in [4.78, 5) is 53.5. The summed E-state index contributed by atoms with van der Waals surface area (Å²) in [5.74, 6) is -2.45. The molecule has 39 heavy (non-hydrogen) atoms. The Morgan fingerprint density at radius 1 is 1.15 bits per heavy atom. The van der Waals surface area contributed by atoms with E-state index < -0.39 is 42.1 Å². The minimum absolute atomic E-state index is 0.0502. The molecule has 0 radical (unpaired) electrons. The van der Waals surface area contributed by atoms with E-state index in [1.165, 1.54) is 24.9 Å². The molecule has 0 spiro atoms. The number of benzene rings is 1. The highest BCUT2D eigenvalue weighted by molar-refractivity contribution is 14.1. The van der Waals surface area contributed by atoms with Crippen LogP contribution in [0.5, 0.6) is 5.75 Å². The Balaban J connectivity index is 2.43. The van der Waals surface area contributed by atoms with Gasteiger partial charge in [0.2, 0.25) is 17.7 Å². The number of amides is 3. The van der Waals surface area contributed by atoms with Crippen LogP contribution in [0, 0.1) is 15.4 Å². The van der Waals surface area contributed by atoms with Gasteiger partial charge in [0.05, 0.1) is 22.3 Å².